The summed E-state index contributed by atoms with van der Waals surface area (Å²) in [7, 11) is 0. The van der Waals surface area contributed by atoms with Gasteiger partial charge in [-0.2, -0.15) is 5.10 Å². The van der Waals surface area contributed by atoms with Gasteiger partial charge in [0.25, 0.3) is 11.8 Å². The van der Waals surface area contributed by atoms with Crippen LogP contribution in [0.15, 0.2) is 77.9 Å². The standard InChI is InChI=1S/C26H25Cl2N3O3/c1-17(2)24(30-25(32)19-8-4-3-5-9-19)26(33)31-29-15-20-10-6-7-11-23(20)34-16-18-12-13-21(27)22(28)14-18/h3-15,17,24H,16H2,1-2H3,(H,30,32)(H,31,33)/b29-15+. The Balaban J connectivity index is 1.62. The fraction of sp³-hybridized carbons (Fsp3) is 0.192. The van der Waals surface area contributed by atoms with Crippen molar-refractivity contribution in [2.45, 2.75) is 26.5 Å². The molecule has 0 aromatic heterocycles. The molecule has 2 N–H and O–H groups in total. The summed E-state index contributed by atoms with van der Waals surface area (Å²) in [6, 6.07) is 20.6. The maximum Gasteiger partial charge on any atom is 0.262 e. The lowest BCUT2D eigenvalue weighted by Gasteiger charge is -2.20. The average molecular weight is 498 g/mol. The zero-order valence-electron chi connectivity index (χ0n) is 18.8. The highest BCUT2D eigenvalue weighted by atomic mass is 35.5. The van der Waals surface area contributed by atoms with Gasteiger partial charge in [0.2, 0.25) is 0 Å². The number of benzene rings is 3. The highest BCUT2D eigenvalue weighted by molar-refractivity contribution is 6.42. The number of hydrogen-bond acceptors (Lipinski definition) is 4. The number of nitrogens with zero attached hydrogens (tertiary/aromatic N) is 1. The van der Waals surface area contributed by atoms with Crippen LogP contribution in [-0.2, 0) is 11.4 Å². The molecule has 8 heteroatoms. The minimum Gasteiger partial charge on any atom is -0.488 e. The Bertz CT molecular complexity index is 1170. The third-order valence-corrected chi connectivity index (χ3v) is 5.69. The number of halogens is 2. The van der Waals surface area contributed by atoms with Crippen LogP contribution in [0.25, 0.3) is 0 Å². The van der Waals surface area contributed by atoms with Crippen molar-refractivity contribution >= 4 is 41.2 Å². The van der Waals surface area contributed by atoms with Gasteiger partial charge in [-0.3, -0.25) is 9.59 Å². The van der Waals surface area contributed by atoms with Crippen molar-refractivity contribution < 1.29 is 14.3 Å². The quantitative estimate of drug-likeness (QED) is 0.303. The Morgan fingerprint density at radius 3 is 2.38 bits per heavy atom. The molecule has 0 radical (unpaired) electrons. The van der Waals surface area contributed by atoms with Crippen LogP contribution in [0.2, 0.25) is 10.0 Å². The summed E-state index contributed by atoms with van der Waals surface area (Å²) in [4.78, 5) is 25.2. The average Bonchev–Trinajstić information content (AvgIpc) is 2.84. The molecule has 3 rings (SSSR count). The lowest BCUT2D eigenvalue weighted by Crippen LogP contribution is -2.48. The predicted octanol–water partition coefficient (Wildman–Crippen LogP) is 5.48. The Kier molecular flexibility index (Phi) is 9.08. The number of ether oxygens (including phenoxy) is 1. The Morgan fingerprint density at radius 1 is 0.971 bits per heavy atom. The topological polar surface area (TPSA) is 79.8 Å². The Labute approximate surface area is 208 Å². The summed E-state index contributed by atoms with van der Waals surface area (Å²) >= 11 is 12.0. The van der Waals surface area contributed by atoms with Crippen molar-refractivity contribution in [2.24, 2.45) is 11.0 Å². The molecule has 0 aliphatic heterocycles. The van der Waals surface area contributed by atoms with Crippen LogP contribution >= 0.6 is 23.2 Å². The predicted molar refractivity (Wildman–Crippen MR) is 136 cm³/mol. The van der Waals surface area contributed by atoms with Crippen LogP contribution in [0.5, 0.6) is 5.75 Å². The van der Waals surface area contributed by atoms with E-state index < -0.39 is 11.9 Å². The van der Waals surface area contributed by atoms with Crippen LogP contribution in [0.1, 0.15) is 35.3 Å². The molecule has 0 saturated carbocycles. The molecule has 34 heavy (non-hydrogen) atoms. The second kappa shape index (κ2) is 12.2. The first kappa shape index (κ1) is 25.3. The summed E-state index contributed by atoms with van der Waals surface area (Å²) < 4.78 is 5.90. The molecule has 0 aliphatic carbocycles. The molecular weight excluding hydrogens is 473 g/mol. The summed E-state index contributed by atoms with van der Waals surface area (Å²) in [5.74, 6) is -0.279. The van der Waals surface area contributed by atoms with Crippen molar-refractivity contribution in [3.05, 3.63) is 99.5 Å². The lowest BCUT2D eigenvalue weighted by molar-refractivity contribution is -0.123. The number of para-hydroxylation sites is 1. The molecule has 0 bridgehead atoms. The summed E-state index contributed by atoms with van der Waals surface area (Å²) in [5, 5.41) is 7.78. The summed E-state index contributed by atoms with van der Waals surface area (Å²) in [5.41, 5.74) is 4.54. The van der Waals surface area contributed by atoms with E-state index in [2.05, 4.69) is 15.8 Å². The Hall–Kier alpha value is -3.35. The van der Waals surface area contributed by atoms with Crippen molar-refractivity contribution in [1.82, 2.24) is 10.7 Å². The van der Waals surface area contributed by atoms with Gasteiger partial charge in [0.1, 0.15) is 18.4 Å². The highest BCUT2D eigenvalue weighted by Crippen LogP contribution is 2.24. The van der Waals surface area contributed by atoms with E-state index in [-0.39, 0.29) is 18.4 Å². The second-order valence-electron chi connectivity index (χ2n) is 7.87. The van der Waals surface area contributed by atoms with Gasteiger partial charge >= 0.3 is 0 Å². The molecular formula is C26H25Cl2N3O3. The van der Waals surface area contributed by atoms with E-state index in [1.807, 2.05) is 44.2 Å². The number of carbonyl (C=O) groups is 2. The van der Waals surface area contributed by atoms with Crippen molar-refractivity contribution in [2.75, 3.05) is 0 Å². The second-order valence-corrected chi connectivity index (χ2v) is 8.68. The van der Waals surface area contributed by atoms with Gasteiger partial charge < -0.3 is 10.1 Å². The number of rotatable bonds is 9. The van der Waals surface area contributed by atoms with E-state index >= 15 is 0 Å². The molecule has 176 valence electrons. The molecule has 1 unspecified atom stereocenters. The molecule has 0 spiro atoms. The molecule has 0 heterocycles. The van der Waals surface area contributed by atoms with Crippen LogP contribution in [-0.4, -0.2) is 24.1 Å². The zero-order valence-corrected chi connectivity index (χ0v) is 20.3. The molecule has 1 atom stereocenters. The fourth-order valence-electron chi connectivity index (χ4n) is 3.09. The number of hydrogen-bond donors (Lipinski definition) is 2. The van der Waals surface area contributed by atoms with Crippen LogP contribution in [0.3, 0.4) is 0 Å². The van der Waals surface area contributed by atoms with Gasteiger partial charge in [-0.25, -0.2) is 5.43 Å². The fourth-order valence-corrected chi connectivity index (χ4v) is 3.41. The van der Waals surface area contributed by atoms with Gasteiger partial charge in [-0.05, 0) is 47.9 Å². The van der Waals surface area contributed by atoms with E-state index in [1.54, 1.807) is 42.5 Å². The van der Waals surface area contributed by atoms with Gasteiger partial charge in [0.15, 0.2) is 0 Å². The summed E-state index contributed by atoms with van der Waals surface area (Å²) in [6.45, 7) is 3.99. The van der Waals surface area contributed by atoms with Gasteiger partial charge in [-0.15, -0.1) is 0 Å². The highest BCUT2D eigenvalue weighted by Gasteiger charge is 2.24. The van der Waals surface area contributed by atoms with E-state index in [9.17, 15) is 9.59 Å². The van der Waals surface area contributed by atoms with Gasteiger partial charge in [0, 0.05) is 11.1 Å². The molecule has 0 aliphatic rings. The monoisotopic (exact) mass is 497 g/mol. The van der Waals surface area contributed by atoms with Crippen LogP contribution in [0, 0.1) is 5.92 Å². The maximum absolute atomic E-state index is 12.7. The number of amides is 2. The lowest BCUT2D eigenvalue weighted by atomic mass is 10.0. The number of hydrazone groups is 1. The minimum atomic E-state index is -0.744. The van der Waals surface area contributed by atoms with Crippen LogP contribution in [0.4, 0.5) is 0 Å². The molecule has 6 nitrogen and oxygen atoms in total. The third-order valence-electron chi connectivity index (χ3n) is 4.95. The SMILES string of the molecule is CC(C)C(NC(=O)c1ccccc1)C(=O)N/N=C/c1ccccc1OCc1ccc(Cl)c(Cl)c1. The van der Waals surface area contributed by atoms with Crippen molar-refractivity contribution in [1.29, 1.82) is 0 Å². The zero-order chi connectivity index (χ0) is 24.5. The largest absolute Gasteiger partial charge is 0.488 e. The van der Waals surface area contributed by atoms with Crippen molar-refractivity contribution in [3.63, 3.8) is 0 Å². The van der Waals surface area contributed by atoms with E-state index in [0.29, 0.717) is 26.9 Å². The smallest absolute Gasteiger partial charge is 0.262 e. The number of nitrogens with one attached hydrogen (secondary N) is 2. The minimum absolute atomic E-state index is 0.135. The van der Waals surface area contributed by atoms with E-state index in [0.717, 1.165) is 5.56 Å². The van der Waals surface area contributed by atoms with E-state index in [1.165, 1.54) is 6.21 Å². The first-order valence-corrected chi connectivity index (χ1v) is 11.5. The molecule has 3 aromatic rings. The normalized spacial score (nSPS) is 11.9. The molecule has 0 saturated heterocycles. The van der Waals surface area contributed by atoms with Gasteiger partial charge in [-0.1, -0.05) is 73.4 Å². The number of carbonyl (C=O) groups excluding carboxylic acids is 2. The summed E-state index contributed by atoms with van der Waals surface area (Å²) in [6.07, 6.45) is 1.50. The molecule has 0 fully saturated rings. The molecule has 3 aromatic carbocycles. The maximum atomic E-state index is 12.7. The first-order valence-electron chi connectivity index (χ1n) is 10.7. The molecule has 2 amide bonds. The van der Waals surface area contributed by atoms with Crippen molar-refractivity contribution in [3.8, 4) is 5.75 Å². The van der Waals surface area contributed by atoms with E-state index in [4.69, 9.17) is 27.9 Å². The third kappa shape index (κ3) is 7.07. The van der Waals surface area contributed by atoms with Gasteiger partial charge in [0.05, 0.1) is 16.3 Å². The Morgan fingerprint density at radius 2 is 1.68 bits per heavy atom. The van der Waals surface area contributed by atoms with Crippen LogP contribution < -0.4 is 15.5 Å². The first-order chi connectivity index (χ1) is 16.3.